The Bertz CT molecular complexity index is 744. The third kappa shape index (κ3) is 3.59. The van der Waals surface area contributed by atoms with Crippen molar-refractivity contribution in [2.24, 2.45) is 0 Å². The van der Waals surface area contributed by atoms with Crippen molar-refractivity contribution < 1.29 is 23.7 Å². The Balaban J connectivity index is 1.65. The van der Waals surface area contributed by atoms with Crippen LogP contribution in [0, 0.1) is 6.92 Å². The van der Waals surface area contributed by atoms with E-state index in [-0.39, 0.29) is 6.79 Å². The Labute approximate surface area is 142 Å². The molecule has 1 atom stereocenters. The standard InChI is InChI=1S/C17H15BrO5/c1-10-3-5-14(13(18)7-10)22-11(2)17(19)23-12-4-6-15-16(8-12)21-9-20-15/h3-8,11H,9H2,1-2H3/t11-/m1/s1. The number of benzene rings is 2. The molecule has 1 heterocycles. The second-order valence-electron chi connectivity index (χ2n) is 5.13. The van der Waals surface area contributed by atoms with Crippen LogP contribution in [0.15, 0.2) is 40.9 Å². The topological polar surface area (TPSA) is 54.0 Å². The second-order valence-corrected chi connectivity index (χ2v) is 5.98. The number of esters is 1. The van der Waals surface area contributed by atoms with Gasteiger partial charge in [0.15, 0.2) is 17.6 Å². The summed E-state index contributed by atoms with van der Waals surface area (Å²) in [5.41, 5.74) is 1.10. The summed E-state index contributed by atoms with van der Waals surface area (Å²) >= 11 is 3.42. The number of carbonyl (C=O) groups is 1. The maximum absolute atomic E-state index is 12.2. The molecule has 6 heteroatoms. The van der Waals surface area contributed by atoms with Gasteiger partial charge < -0.3 is 18.9 Å². The highest BCUT2D eigenvalue weighted by Crippen LogP contribution is 2.35. The molecule has 0 unspecified atom stereocenters. The number of carbonyl (C=O) groups excluding carboxylic acids is 1. The van der Waals surface area contributed by atoms with Crippen molar-refractivity contribution in [3.8, 4) is 23.0 Å². The van der Waals surface area contributed by atoms with Crippen molar-refractivity contribution in [1.29, 1.82) is 0 Å². The summed E-state index contributed by atoms with van der Waals surface area (Å²) in [5, 5.41) is 0. The van der Waals surface area contributed by atoms with Crippen LogP contribution in [0.1, 0.15) is 12.5 Å². The van der Waals surface area contributed by atoms with Gasteiger partial charge in [-0.25, -0.2) is 4.79 Å². The molecule has 3 rings (SSSR count). The fraction of sp³-hybridized carbons (Fsp3) is 0.235. The Hall–Kier alpha value is -2.21. The first-order valence-corrected chi connectivity index (χ1v) is 7.86. The lowest BCUT2D eigenvalue weighted by Crippen LogP contribution is -2.28. The molecular weight excluding hydrogens is 364 g/mol. The van der Waals surface area contributed by atoms with Crippen LogP contribution in [-0.2, 0) is 4.79 Å². The van der Waals surface area contributed by atoms with E-state index in [4.69, 9.17) is 18.9 Å². The largest absolute Gasteiger partial charge is 0.478 e. The van der Waals surface area contributed by atoms with Gasteiger partial charge in [0.1, 0.15) is 11.5 Å². The Kier molecular flexibility index (Phi) is 4.43. The number of halogens is 1. The minimum atomic E-state index is -0.751. The first kappa shape index (κ1) is 15.7. The molecule has 0 spiro atoms. The highest BCUT2D eigenvalue weighted by Gasteiger charge is 2.20. The average molecular weight is 379 g/mol. The molecule has 0 fully saturated rings. The van der Waals surface area contributed by atoms with Gasteiger partial charge in [-0.05, 0) is 59.6 Å². The Morgan fingerprint density at radius 1 is 1.17 bits per heavy atom. The van der Waals surface area contributed by atoms with Crippen LogP contribution in [0.25, 0.3) is 0 Å². The van der Waals surface area contributed by atoms with Gasteiger partial charge in [-0.1, -0.05) is 6.07 Å². The number of hydrogen-bond acceptors (Lipinski definition) is 5. The van der Waals surface area contributed by atoms with E-state index in [1.807, 2.05) is 25.1 Å². The fourth-order valence-electron chi connectivity index (χ4n) is 2.08. The van der Waals surface area contributed by atoms with Crippen LogP contribution in [0.4, 0.5) is 0 Å². The van der Waals surface area contributed by atoms with Crippen LogP contribution < -0.4 is 18.9 Å². The minimum absolute atomic E-state index is 0.174. The van der Waals surface area contributed by atoms with Gasteiger partial charge in [-0.2, -0.15) is 0 Å². The summed E-state index contributed by atoms with van der Waals surface area (Å²) in [7, 11) is 0. The molecule has 120 valence electrons. The first-order valence-electron chi connectivity index (χ1n) is 7.07. The van der Waals surface area contributed by atoms with Gasteiger partial charge in [-0.3, -0.25) is 0 Å². The van der Waals surface area contributed by atoms with Crippen LogP contribution in [0.3, 0.4) is 0 Å². The van der Waals surface area contributed by atoms with Crippen molar-refractivity contribution in [1.82, 2.24) is 0 Å². The molecule has 2 aromatic carbocycles. The number of rotatable bonds is 4. The van der Waals surface area contributed by atoms with Crippen molar-refractivity contribution in [2.75, 3.05) is 6.79 Å². The number of hydrogen-bond donors (Lipinski definition) is 0. The third-order valence-corrected chi connectivity index (χ3v) is 3.91. The van der Waals surface area contributed by atoms with E-state index in [2.05, 4.69) is 15.9 Å². The van der Waals surface area contributed by atoms with Crippen molar-refractivity contribution >= 4 is 21.9 Å². The molecular formula is C17H15BrO5. The van der Waals surface area contributed by atoms with Gasteiger partial charge in [0.2, 0.25) is 6.79 Å². The lowest BCUT2D eigenvalue weighted by atomic mass is 10.2. The zero-order valence-corrected chi connectivity index (χ0v) is 14.3. The van der Waals surface area contributed by atoms with Gasteiger partial charge in [-0.15, -0.1) is 0 Å². The number of fused-ring (bicyclic) bond motifs is 1. The third-order valence-electron chi connectivity index (χ3n) is 3.29. The summed E-state index contributed by atoms with van der Waals surface area (Å²) in [6.45, 7) is 3.79. The molecule has 0 bridgehead atoms. The van der Waals surface area contributed by atoms with Gasteiger partial charge in [0.05, 0.1) is 4.47 Å². The zero-order chi connectivity index (χ0) is 16.4. The van der Waals surface area contributed by atoms with E-state index in [9.17, 15) is 4.79 Å². The summed E-state index contributed by atoms with van der Waals surface area (Å²) in [5.74, 6) is 1.68. The monoisotopic (exact) mass is 378 g/mol. The van der Waals surface area contributed by atoms with Crippen LogP contribution in [0.2, 0.25) is 0 Å². The highest BCUT2D eigenvalue weighted by molar-refractivity contribution is 9.10. The highest BCUT2D eigenvalue weighted by atomic mass is 79.9. The molecule has 0 N–H and O–H groups in total. The molecule has 0 saturated carbocycles. The van der Waals surface area contributed by atoms with E-state index < -0.39 is 12.1 Å². The summed E-state index contributed by atoms with van der Waals surface area (Å²) in [4.78, 5) is 12.2. The van der Waals surface area contributed by atoms with Crippen LogP contribution in [-0.4, -0.2) is 18.9 Å². The molecule has 0 aromatic heterocycles. The lowest BCUT2D eigenvalue weighted by molar-refractivity contribution is -0.141. The molecule has 2 aromatic rings. The quantitative estimate of drug-likeness (QED) is 0.597. The summed E-state index contributed by atoms with van der Waals surface area (Å²) in [6.07, 6.45) is -0.751. The molecule has 0 aliphatic carbocycles. The molecule has 1 aliphatic rings. The van der Waals surface area contributed by atoms with E-state index in [0.717, 1.165) is 10.0 Å². The van der Waals surface area contributed by atoms with Crippen LogP contribution in [0.5, 0.6) is 23.0 Å². The molecule has 0 amide bonds. The van der Waals surface area contributed by atoms with Crippen LogP contribution >= 0.6 is 15.9 Å². The zero-order valence-electron chi connectivity index (χ0n) is 12.7. The predicted molar refractivity (Wildman–Crippen MR) is 87.2 cm³/mol. The molecule has 1 aliphatic heterocycles. The van der Waals surface area contributed by atoms with E-state index in [1.54, 1.807) is 25.1 Å². The maximum Gasteiger partial charge on any atom is 0.352 e. The average Bonchev–Trinajstić information content (AvgIpc) is 2.97. The lowest BCUT2D eigenvalue weighted by Gasteiger charge is -2.15. The minimum Gasteiger partial charge on any atom is -0.478 e. The van der Waals surface area contributed by atoms with Gasteiger partial charge in [0, 0.05) is 6.07 Å². The SMILES string of the molecule is Cc1ccc(O[C@H](C)C(=O)Oc2ccc3c(c2)OCO3)c(Br)c1. The number of aryl methyl sites for hydroxylation is 1. The molecule has 5 nitrogen and oxygen atoms in total. The maximum atomic E-state index is 12.2. The number of ether oxygens (including phenoxy) is 4. The predicted octanol–water partition coefficient (Wildman–Crippen LogP) is 3.86. The van der Waals surface area contributed by atoms with E-state index >= 15 is 0 Å². The molecule has 23 heavy (non-hydrogen) atoms. The van der Waals surface area contributed by atoms with Crippen molar-refractivity contribution in [2.45, 2.75) is 20.0 Å². The Morgan fingerprint density at radius 3 is 2.74 bits per heavy atom. The first-order chi connectivity index (χ1) is 11.0. The van der Waals surface area contributed by atoms with E-state index in [1.165, 1.54) is 0 Å². The van der Waals surface area contributed by atoms with Gasteiger partial charge >= 0.3 is 5.97 Å². The summed E-state index contributed by atoms with van der Waals surface area (Å²) < 4.78 is 22.2. The van der Waals surface area contributed by atoms with E-state index in [0.29, 0.717) is 23.0 Å². The smallest absolute Gasteiger partial charge is 0.352 e. The van der Waals surface area contributed by atoms with Crippen molar-refractivity contribution in [3.05, 3.63) is 46.4 Å². The van der Waals surface area contributed by atoms with Gasteiger partial charge in [0.25, 0.3) is 0 Å². The summed E-state index contributed by atoms with van der Waals surface area (Å²) in [6, 6.07) is 10.6. The molecule has 0 radical (unpaired) electrons. The second kappa shape index (κ2) is 6.50. The Morgan fingerprint density at radius 2 is 1.96 bits per heavy atom. The normalized spacial score (nSPS) is 13.5. The molecule has 0 saturated heterocycles. The van der Waals surface area contributed by atoms with Crippen molar-refractivity contribution in [3.63, 3.8) is 0 Å². The fourth-order valence-corrected chi connectivity index (χ4v) is 2.67.